The Labute approximate surface area is 227 Å². The van der Waals surface area contributed by atoms with Gasteiger partial charge in [0.1, 0.15) is 0 Å². The number of hydrogen-bond donors (Lipinski definition) is 2. The second kappa shape index (κ2) is 12.3. The number of amides is 1. The van der Waals surface area contributed by atoms with Crippen LogP contribution in [0.4, 0.5) is 0 Å². The Morgan fingerprint density at radius 1 is 0.838 bits per heavy atom. The molecule has 190 valence electrons. The molecular formula is C31H29Cl2NO3. The molecule has 0 spiro atoms. The Bertz CT molecular complexity index is 1380. The molecule has 4 aromatic rings. The van der Waals surface area contributed by atoms with Crippen molar-refractivity contribution in [2.75, 3.05) is 6.54 Å². The summed E-state index contributed by atoms with van der Waals surface area (Å²) in [6.45, 7) is 2.27. The average molecular weight is 534 g/mol. The fourth-order valence-corrected chi connectivity index (χ4v) is 5.31. The lowest BCUT2D eigenvalue weighted by atomic mass is 9.74. The SMILES string of the molecule is CCCC(c1ccc(C(=O)NCCC(=O)O)cc1)C(c1ccc(Cl)cc1)c1ccc(Cl)c2ccccc12. The molecule has 37 heavy (non-hydrogen) atoms. The zero-order valence-electron chi connectivity index (χ0n) is 20.6. The first-order valence-electron chi connectivity index (χ1n) is 12.4. The maximum atomic E-state index is 12.5. The maximum Gasteiger partial charge on any atom is 0.305 e. The summed E-state index contributed by atoms with van der Waals surface area (Å²) in [5.41, 5.74) is 3.98. The van der Waals surface area contributed by atoms with Gasteiger partial charge in [-0.3, -0.25) is 9.59 Å². The summed E-state index contributed by atoms with van der Waals surface area (Å²) >= 11 is 12.8. The minimum Gasteiger partial charge on any atom is -0.481 e. The van der Waals surface area contributed by atoms with Crippen LogP contribution in [0.2, 0.25) is 10.0 Å². The highest BCUT2D eigenvalue weighted by molar-refractivity contribution is 6.35. The fraction of sp³-hybridized carbons (Fsp3) is 0.226. The van der Waals surface area contributed by atoms with Gasteiger partial charge < -0.3 is 10.4 Å². The normalized spacial score (nSPS) is 12.7. The highest BCUT2D eigenvalue weighted by Gasteiger charge is 2.28. The van der Waals surface area contributed by atoms with Crippen molar-refractivity contribution in [2.45, 2.75) is 38.0 Å². The van der Waals surface area contributed by atoms with Gasteiger partial charge in [-0.15, -0.1) is 0 Å². The number of carbonyl (C=O) groups excluding carboxylic acids is 1. The summed E-state index contributed by atoms with van der Waals surface area (Å²) in [4.78, 5) is 23.2. The van der Waals surface area contributed by atoms with E-state index in [0.717, 1.165) is 39.8 Å². The molecule has 1 amide bonds. The van der Waals surface area contributed by atoms with Crippen LogP contribution in [0.5, 0.6) is 0 Å². The summed E-state index contributed by atoms with van der Waals surface area (Å²) in [5, 5.41) is 15.0. The van der Waals surface area contributed by atoms with Crippen LogP contribution in [-0.2, 0) is 4.79 Å². The van der Waals surface area contributed by atoms with E-state index in [1.54, 1.807) is 0 Å². The van der Waals surface area contributed by atoms with Gasteiger partial charge in [-0.2, -0.15) is 0 Å². The number of hydrogen-bond acceptors (Lipinski definition) is 2. The van der Waals surface area contributed by atoms with E-state index in [1.807, 2.05) is 60.7 Å². The quantitative estimate of drug-likeness (QED) is 0.216. The first-order chi connectivity index (χ1) is 17.9. The lowest BCUT2D eigenvalue weighted by Gasteiger charge is -2.30. The van der Waals surface area contributed by atoms with Gasteiger partial charge >= 0.3 is 5.97 Å². The first-order valence-corrected chi connectivity index (χ1v) is 13.2. The van der Waals surface area contributed by atoms with Gasteiger partial charge in [-0.05, 0) is 64.7 Å². The van der Waals surface area contributed by atoms with E-state index in [-0.39, 0.29) is 30.7 Å². The van der Waals surface area contributed by atoms with E-state index < -0.39 is 5.97 Å². The van der Waals surface area contributed by atoms with E-state index in [1.165, 1.54) is 5.56 Å². The summed E-state index contributed by atoms with van der Waals surface area (Å²) in [7, 11) is 0. The van der Waals surface area contributed by atoms with Gasteiger partial charge in [0.15, 0.2) is 0 Å². The molecule has 4 rings (SSSR count). The van der Waals surface area contributed by atoms with Crippen LogP contribution in [0, 0.1) is 0 Å². The lowest BCUT2D eigenvalue weighted by molar-refractivity contribution is -0.136. The smallest absolute Gasteiger partial charge is 0.305 e. The molecule has 0 saturated heterocycles. The molecule has 0 bridgehead atoms. The molecule has 0 aliphatic heterocycles. The molecule has 4 nitrogen and oxygen atoms in total. The molecule has 0 radical (unpaired) electrons. The number of carbonyl (C=O) groups is 2. The molecule has 0 aliphatic rings. The fourth-order valence-electron chi connectivity index (χ4n) is 4.96. The van der Waals surface area contributed by atoms with Gasteiger partial charge in [-0.1, -0.05) is 91.1 Å². The Morgan fingerprint density at radius 3 is 2.14 bits per heavy atom. The van der Waals surface area contributed by atoms with Crippen molar-refractivity contribution < 1.29 is 14.7 Å². The third-order valence-corrected chi connectivity index (χ3v) is 7.28. The van der Waals surface area contributed by atoms with Gasteiger partial charge in [0.25, 0.3) is 5.91 Å². The molecule has 4 aromatic carbocycles. The number of carboxylic acid groups (broad SMARTS) is 1. The zero-order valence-corrected chi connectivity index (χ0v) is 22.1. The Morgan fingerprint density at radius 2 is 1.49 bits per heavy atom. The second-order valence-electron chi connectivity index (χ2n) is 9.13. The van der Waals surface area contributed by atoms with Crippen LogP contribution < -0.4 is 5.32 Å². The van der Waals surface area contributed by atoms with Crippen molar-refractivity contribution in [3.8, 4) is 0 Å². The minimum atomic E-state index is -0.943. The molecule has 2 atom stereocenters. The van der Waals surface area contributed by atoms with Crippen LogP contribution >= 0.6 is 23.2 Å². The molecule has 0 aliphatic carbocycles. The number of rotatable bonds is 10. The largest absolute Gasteiger partial charge is 0.481 e. The average Bonchev–Trinajstić information content (AvgIpc) is 2.90. The predicted octanol–water partition coefficient (Wildman–Crippen LogP) is 8.07. The van der Waals surface area contributed by atoms with Crippen LogP contribution in [0.1, 0.15) is 65.1 Å². The molecular weight excluding hydrogens is 505 g/mol. The standard InChI is InChI=1S/C31H29Cl2NO3/c1-2-5-24(20-8-10-22(11-9-20)31(37)34-19-18-29(35)36)30(21-12-14-23(32)15-13-21)27-16-17-28(33)26-7-4-3-6-25(26)27/h3-4,6-17,24,30H,2,5,18-19H2,1H3,(H,34,37)(H,35,36). The molecule has 0 aromatic heterocycles. The Kier molecular flexibility index (Phi) is 8.86. The van der Waals surface area contributed by atoms with Crippen LogP contribution in [0.25, 0.3) is 10.8 Å². The monoisotopic (exact) mass is 533 g/mol. The Hall–Kier alpha value is -3.34. The third-order valence-electron chi connectivity index (χ3n) is 6.70. The van der Waals surface area contributed by atoms with Crippen molar-refractivity contribution in [3.63, 3.8) is 0 Å². The van der Waals surface area contributed by atoms with E-state index in [9.17, 15) is 9.59 Å². The third kappa shape index (κ3) is 6.33. The van der Waals surface area contributed by atoms with E-state index in [0.29, 0.717) is 10.6 Å². The van der Waals surface area contributed by atoms with Crippen LogP contribution in [-0.4, -0.2) is 23.5 Å². The van der Waals surface area contributed by atoms with Gasteiger partial charge in [-0.25, -0.2) is 0 Å². The van der Waals surface area contributed by atoms with Crippen molar-refractivity contribution in [1.82, 2.24) is 5.32 Å². The number of carboxylic acids is 1. The Balaban J connectivity index is 1.77. The van der Waals surface area contributed by atoms with Crippen LogP contribution in [0.15, 0.2) is 84.9 Å². The number of nitrogens with one attached hydrogen (secondary N) is 1. The number of fused-ring (bicyclic) bond motifs is 1. The zero-order chi connectivity index (χ0) is 26.4. The topological polar surface area (TPSA) is 66.4 Å². The first kappa shape index (κ1) is 26.7. The number of benzene rings is 4. The van der Waals surface area contributed by atoms with Crippen molar-refractivity contribution >= 4 is 45.9 Å². The highest BCUT2D eigenvalue weighted by atomic mass is 35.5. The molecule has 2 unspecified atom stereocenters. The maximum absolute atomic E-state index is 12.5. The van der Waals surface area contributed by atoms with Gasteiger partial charge in [0, 0.05) is 33.5 Å². The van der Waals surface area contributed by atoms with E-state index >= 15 is 0 Å². The predicted molar refractivity (Wildman–Crippen MR) is 151 cm³/mol. The van der Waals surface area contributed by atoms with Crippen LogP contribution in [0.3, 0.4) is 0 Å². The second-order valence-corrected chi connectivity index (χ2v) is 9.97. The summed E-state index contributed by atoms with van der Waals surface area (Å²) < 4.78 is 0. The number of aliphatic carboxylic acids is 1. The van der Waals surface area contributed by atoms with Gasteiger partial charge in [0.05, 0.1) is 6.42 Å². The lowest BCUT2D eigenvalue weighted by Crippen LogP contribution is -2.26. The van der Waals surface area contributed by atoms with Crippen molar-refractivity contribution in [1.29, 1.82) is 0 Å². The molecule has 2 N–H and O–H groups in total. The molecule has 0 fully saturated rings. The molecule has 0 heterocycles. The van der Waals surface area contributed by atoms with Gasteiger partial charge in [0.2, 0.25) is 0 Å². The minimum absolute atomic E-state index is 0.0367. The summed E-state index contributed by atoms with van der Waals surface area (Å²) in [6.07, 6.45) is 1.81. The number of halogens is 2. The molecule has 0 saturated carbocycles. The van der Waals surface area contributed by atoms with Crippen molar-refractivity contribution in [2.24, 2.45) is 0 Å². The van der Waals surface area contributed by atoms with E-state index in [4.69, 9.17) is 28.3 Å². The summed E-state index contributed by atoms with van der Waals surface area (Å²) in [6, 6.07) is 28.0. The summed E-state index contributed by atoms with van der Waals surface area (Å²) in [5.74, 6) is -1.05. The molecule has 6 heteroatoms. The van der Waals surface area contributed by atoms with E-state index in [2.05, 4.69) is 36.5 Å². The highest BCUT2D eigenvalue weighted by Crippen LogP contribution is 2.44. The van der Waals surface area contributed by atoms with Crippen molar-refractivity contribution in [3.05, 3.63) is 117 Å².